The van der Waals surface area contributed by atoms with Gasteiger partial charge in [-0.2, -0.15) is 0 Å². The van der Waals surface area contributed by atoms with Gasteiger partial charge in [0.2, 0.25) is 0 Å². The molecule has 0 amide bonds. The minimum absolute atomic E-state index is 0.520. The Balaban J connectivity index is 2.56. The van der Waals surface area contributed by atoms with Crippen molar-refractivity contribution in [3.05, 3.63) is 35.4 Å². The van der Waals surface area contributed by atoms with Crippen LogP contribution in [0.2, 0.25) is 0 Å². The van der Waals surface area contributed by atoms with E-state index >= 15 is 0 Å². The number of hydrogen-bond donors (Lipinski definition) is 1. The highest BCUT2D eigenvalue weighted by molar-refractivity contribution is 5.21. The first-order valence-corrected chi connectivity index (χ1v) is 6.00. The van der Waals surface area contributed by atoms with Crippen LogP contribution in [0.5, 0.6) is 0 Å². The van der Waals surface area contributed by atoms with Gasteiger partial charge in [0.05, 0.1) is 0 Å². The Kier molecular flexibility index (Phi) is 4.97. The zero-order chi connectivity index (χ0) is 12.1. The van der Waals surface area contributed by atoms with Gasteiger partial charge in [-0.25, -0.2) is 0 Å². The average molecular weight is 220 g/mol. The van der Waals surface area contributed by atoms with Crippen molar-refractivity contribution in [1.82, 2.24) is 4.90 Å². The van der Waals surface area contributed by atoms with E-state index in [9.17, 15) is 0 Å². The van der Waals surface area contributed by atoms with Crippen LogP contribution >= 0.6 is 0 Å². The highest BCUT2D eigenvalue weighted by Gasteiger charge is 2.15. The molecule has 1 aromatic carbocycles. The fraction of sp³-hybridized carbons (Fsp3) is 0.571. The lowest BCUT2D eigenvalue weighted by atomic mass is 10.0. The molecule has 90 valence electrons. The van der Waals surface area contributed by atoms with Crippen LogP contribution in [0.4, 0.5) is 0 Å². The summed E-state index contributed by atoms with van der Waals surface area (Å²) in [4.78, 5) is 2.36. The zero-order valence-corrected chi connectivity index (χ0v) is 10.9. The van der Waals surface area contributed by atoms with Crippen molar-refractivity contribution in [2.24, 2.45) is 11.7 Å². The molecule has 0 aliphatic heterocycles. The lowest BCUT2D eigenvalue weighted by molar-refractivity contribution is 0.194. The molecule has 1 aromatic rings. The van der Waals surface area contributed by atoms with E-state index in [4.69, 9.17) is 5.73 Å². The molecule has 0 spiro atoms. The van der Waals surface area contributed by atoms with E-state index in [1.54, 1.807) is 0 Å². The van der Waals surface area contributed by atoms with E-state index in [1.807, 2.05) is 0 Å². The maximum atomic E-state index is 5.70. The average Bonchev–Trinajstić information content (AvgIpc) is 2.30. The Hall–Kier alpha value is -0.860. The van der Waals surface area contributed by atoms with Crippen molar-refractivity contribution >= 4 is 0 Å². The highest BCUT2D eigenvalue weighted by Crippen LogP contribution is 2.12. The van der Waals surface area contributed by atoms with Gasteiger partial charge in [0, 0.05) is 12.6 Å². The van der Waals surface area contributed by atoms with E-state index in [-0.39, 0.29) is 0 Å². The molecule has 0 aliphatic carbocycles. The molecule has 16 heavy (non-hydrogen) atoms. The van der Waals surface area contributed by atoms with Crippen molar-refractivity contribution in [1.29, 1.82) is 0 Å². The lowest BCUT2D eigenvalue weighted by Crippen LogP contribution is -2.37. The lowest BCUT2D eigenvalue weighted by Gasteiger charge is -2.29. The van der Waals surface area contributed by atoms with Crippen LogP contribution in [0.25, 0.3) is 0 Å². The Morgan fingerprint density at radius 3 is 2.25 bits per heavy atom. The molecule has 1 rings (SSSR count). The van der Waals surface area contributed by atoms with Crippen molar-refractivity contribution in [2.75, 3.05) is 13.6 Å². The first kappa shape index (κ1) is 13.2. The molecule has 0 radical (unpaired) electrons. The molecule has 2 nitrogen and oxygen atoms in total. The fourth-order valence-electron chi connectivity index (χ4n) is 1.76. The molecule has 0 aliphatic rings. The Morgan fingerprint density at radius 2 is 1.75 bits per heavy atom. The molecule has 0 saturated carbocycles. The summed E-state index contributed by atoms with van der Waals surface area (Å²) in [5.74, 6) is 0.537. The first-order chi connectivity index (χ1) is 7.54. The predicted octanol–water partition coefficient (Wildman–Crippen LogP) is 2.41. The molecule has 2 heteroatoms. The summed E-state index contributed by atoms with van der Waals surface area (Å²) < 4.78 is 0. The number of hydrogen-bond acceptors (Lipinski definition) is 2. The molecule has 2 unspecified atom stereocenters. The van der Waals surface area contributed by atoms with Crippen LogP contribution in [-0.2, 0) is 6.54 Å². The molecule has 2 N–H and O–H groups in total. The number of nitrogens with two attached hydrogens (primary N) is 1. The van der Waals surface area contributed by atoms with Crippen LogP contribution in [0.3, 0.4) is 0 Å². The zero-order valence-electron chi connectivity index (χ0n) is 10.9. The Bertz CT molecular complexity index is 305. The van der Waals surface area contributed by atoms with Crippen LogP contribution in [0.1, 0.15) is 25.0 Å². The van der Waals surface area contributed by atoms with Gasteiger partial charge in [-0.15, -0.1) is 0 Å². The van der Waals surface area contributed by atoms with Crippen LogP contribution in [0.15, 0.2) is 24.3 Å². The Labute approximate surface area is 99.5 Å². The Morgan fingerprint density at radius 1 is 1.19 bits per heavy atom. The molecular weight excluding hydrogens is 196 g/mol. The molecule has 0 heterocycles. The third-order valence-electron chi connectivity index (χ3n) is 3.44. The van der Waals surface area contributed by atoms with Gasteiger partial charge >= 0.3 is 0 Å². The molecule has 0 fully saturated rings. The summed E-state index contributed by atoms with van der Waals surface area (Å²) in [5, 5.41) is 0. The standard InChI is InChI=1S/C14H24N2/c1-11-5-7-14(8-6-11)10-16(4)13(3)12(2)9-15/h5-8,12-13H,9-10,15H2,1-4H3. The maximum Gasteiger partial charge on any atom is 0.0233 e. The third kappa shape index (κ3) is 3.62. The summed E-state index contributed by atoms with van der Waals surface area (Å²) in [7, 11) is 2.16. The number of rotatable bonds is 5. The minimum Gasteiger partial charge on any atom is -0.330 e. The maximum absolute atomic E-state index is 5.70. The molecular formula is C14H24N2. The monoisotopic (exact) mass is 220 g/mol. The van der Waals surface area contributed by atoms with Crippen LogP contribution in [-0.4, -0.2) is 24.5 Å². The van der Waals surface area contributed by atoms with Gasteiger partial charge in [-0.1, -0.05) is 36.8 Å². The van der Waals surface area contributed by atoms with Crippen LogP contribution in [0, 0.1) is 12.8 Å². The topological polar surface area (TPSA) is 29.3 Å². The van der Waals surface area contributed by atoms with Crippen molar-refractivity contribution < 1.29 is 0 Å². The third-order valence-corrected chi connectivity index (χ3v) is 3.44. The highest BCUT2D eigenvalue weighted by atomic mass is 15.1. The largest absolute Gasteiger partial charge is 0.330 e. The minimum atomic E-state index is 0.520. The van der Waals surface area contributed by atoms with Gasteiger partial charge in [-0.3, -0.25) is 4.90 Å². The second-order valence-corrected chi connectivity index (χ2v) is 4.85. The summed E-state index contributed by atoms with van der Waals surface area (Å²) in [6, 6.07) is 9.25. The summed E-state index contributed by atoms with van der Waals surface area (Å²) in [6.45, 7) is 8.31. The first-order valence-electron chi connectivity index (χ1n) is 6.00. The number of benzene rings is 1. The van der Waals surface area contributed by atoms with E-state index < -0.39 is 0 Å². The summed E-state index contributed by atoms with van der Waals surface area (Å²) >= 11 is 0. The van der Waals surface area contributed by atoms with E-state index in [2.05, 4.69) is 57.0 Å². The van der Waals surface area contributed by atoms with Crippen molar-refractivity contribution in [2.45, 2.75) is 33.4 Å². The summed E-state index contributed by atoms with van der Waals surface area (Å²) in [6.07, 6.45) is 0. The molecule has 0 aromatic heterocycles. The van der Waals surface area contributed by atoms with Gasteiger partial charge in [0.15, 0.2) is 0 Å². The normalized spacial score (nSPS) is 15.1. The van der Waals surface area contributed by atoms with Crippen LogP contribution < -0.4 is 5.73 Å². The number of nitrogens with zero attached hydrogens (tertiary/aromatic N) is 1. The van der Waals surface area contributed by atoms with E-state index in [0.717, 1.165) is 13.1 Å². The second-order valence-electron chi connectivity index (χ2n) is 4.85. The SMILES string of the molecule is Cc1ccc(CN(C)C(C)C(C)CN)cc1. The molecule has 2 atom stereocenters. The van der Waals surface area contributed by atoms with Gasteiger partial charge < -0.3 is 5.73 Å². The molecule has 0 saturated heterocycles. The van der Waals surface area contributed by atoms with E-state index in [1.165, 1.54) is 11.1 Å². The van der Waals surface area contributed by atoms with Gasteiger partial charge in [-0.05, 0) is 38.9 Å². The summed E-state index contributed by atoms with van der Waals surface area (Å²) in [5.41, 5.74) is 8.38. The van der Waals surface area contributed by atoms with Gasteiger partial charge in [0.1, 0.15) is 0 Å². The quantitative estimate of drug-likeness (QED) is 0.825. The van der Waals surface area contributed by atoms with Crippen molar-refractivity contribution in [3.8, 4) is 0 Å². The molecule has 0 bridgehead atoms. The van der Waals surface area contributed by atoms with E-state index in [0.29, 0.717) is 12.0 Å². The van der Waals surface area contributed by atoms with Crippen molar-refractivity contribution in [3.63, 3.8) is 0 Å². The fourth-order valence-corrected chi connectivity index (χ4v) is 1.76. The predicted molar refractivity (Wildman–Crippen MR) is 70.3 cm³/mol. The second kappa shape index (κ2) is 6.02. The smallest absolute Gasteiger partial charge is 0.0233 e. The van der Waals surface area contributed by atoms with Gasteiger partial charge in [0.25, 0.3) is 0 Å². The number of aryl methyl sites for hydroxylation is 1.